The van der Waals surface area contributed by atoms with Crippen molar-refractivity contribution in [3.8, 4) is 23.0 Å². The van der Waals surface area contributed by atoms with Crippen LogP contribution in [0.1, 0.15) is 54.0 Å². The van der Waals surface area contributed by atoms with Crippen molar-refractivity contribution < 1.29 is 28.5 Å². The van der Waals surface area contributed by atoms with Crippen molar-refractivity contribution in [2.75, 3.05) is 28.4 Å². The minimum absolute atomic E-state index is 0.274. The number of ether oxygens (including phenoxy) is 4. The van der Waals surface area contributed by atoms with Crippen LogP contribution in [0.3, 0.4) is 0 Å². The molecule has 2 amide bonds. The van der Waals surface area contributed by atoms with E-state index >= 15 is 0 Å². The second kappa shape index (κ2) is 10.3. The predicted molar refractivity (Wildman–Crippen MR) is 122 cm³/mol. The molecule has 8 nitrogen and oxygen atoms in total. The smallest absolute Gasteiger partial charge is 0.273 e. The SMILES string of the molecule is CCc1c(OC)cccc1C(=O)NN(C(=O)c1cc(OC)c(OC)c(OC)c1)C(C)(C)C. The molecule has 0 heterocycles. The fourth-order valence-corrected chi connectivity index (χ4v) is 3.35. The van der Waals surface area contributed by atoms with Crippen LogP contribution in [0.15, 0.2) is 30.3 Å². The van der Waals surface area contributed by atoms with Gasteiger partial charge in [0.15, 0.2) is 11.5 Å². The summed E-state index contributed by atoms with van der Waals surface area (Å²) < 4.78 is 21.5. The normalized spacial score (nSPS) is 10.9. The Morgan fingerprint density at radius 1 is 0.906 bits per heavy atom. The average molecular weight is 445 g/mol. The van der Waals surface area contributed by atoms with E-state index in [1.54, 1.807) is 37.4 Å². The monoisotopic (exact) mass is 444 g/mol. The van der Waals surface area contributed by atoms with Gasteiger partial charge in [-0.15, -0.1) is 0 Å². The van der Waals surface area contributed by atoms with Crippen molar-refractivity contribution in [3.63, 3.8) is 0 Å². The minimum atomic E-state index is -0.724. The highest BCUT2D eigenvalue weighted by atomic mass is 16.5. The summed E-state index contributed by atoms with van der Waals surface area (Å²) >= 11 is 0. The summed E-state index contributed by atoms with van der Waals surface area (Å²) in [4.78, 5) is 26.7. The molecule has 0 spiro atoms. The molecular formula is C24H32N2O6. The third-order valence-corrected chi connectivity index (χ3v) is 4.95. The zero-order valence-electron chi connectivity index (χ0n) is 20.0. The molecular weight excluding hydrogens is 412 g/mol. The van der Waals surface area contributed by atoms with Crippen LogP contribution in [0.25, 0.3) is 0 Å². The molecule has 0 fully saturated rings. The van der Waals surface area contributed by atoms with E-state index in [1.807, 2.05) is 27.7 Å². The molecule has 0 radical (unpaired) electrons. The van der Waals surface area contributed by atoms with Crippen LogP contribution in [0.2, 0.25) is 0 Å². The molecule has 0 bridgehead atoms. The Labute approximate surface area is 189 Å². The number of methoxy groups -OCH3 is 4. The average Bonchev–Trinajstić information content (AvgIpc) is 2.79. The highest BCUT2D eigenvalue weighted by molar-refractivity contribution is 6.01. The van der Waals surface area contributed by atoms with E-state index in [0.717, 1.165) is 5.56 Å². The zero-order valence-corrected chi connectivity index (χ0v) is 20.0. The molecule has 0 atom stereocenters. The van der Waals surface area contributed by atoms with Gasteiger partial charge in [-0.05, 0) is 51.5 Å². The summed E-state index contributed by atoms with van der Waals surface area (Å²) in [5, 5.41) is 1.30. The van der Waals surface area contributed by atoms with Crippen LogP contribution in [0, 0.1) is 0 Å². The zero-order chi connectivity index (χ0) is 24.1. The second-order valence-electron chi connectivity index (χ2n) is 8.01. The maximum Gasteiger partial charge on any atom is 0.273 e. The largest absolute Gasteiger partial charge is 0.496 e. The number of carbonyl (C=O) groups excluding carboxylic acids is 2. The standard InChI is InChI=1S/C24H32N2O6/c1-9-16-17(11-10-12-18(16)29-5)22(27)25-26(24(2,3)4)23(28)15-13-19(30-6)21(32-8)20(14-15)31-7/h10-14H,9H2,1-8H3,(H,25,27). The quantitative estimate of drug-likeness (QED) is 0.653. The lowest BCUT2D eigenvalue weighted by Crippen LogP contribution is -2.56. The van der Waals surface area contributed by atoms with E-state index in [-0.39, 0.29) is 5.56 Å². The molecule has 0 aliphatic rings. The number of nitrogens with zero attached hydrogens (tertiary/aromatic N) is 1. The number of benzene rings is 2. The minimum Gasteiger partial charge on any atom is -0.496 e. The van der Waals surface area contributed by atoms with Crippen molar-refractivity contribution in [2.45, 2.75) is 39.7 Å². The second-order valence-corrected chi connectivity index (χ2v) is 8.01. The number of hydrazine groups is 1. The molecule has 2 aromatic carbocycles. The molecule has 0 aliphatic heterocycles. The maximum absolute atomic E-state index is 13.5. The van der Waals surface area contributed by atoms with Crippen LogP contribution in [0.5, 0.6) is 23.0 Å². The van der Waals surface area contributed by atoms with E-state index in [2.05, 4.69) is 5.43 Å². The fraction of sp³-hybridized carbons (Fsp3) is 0.417. The Morgan fingerprint density at radius 2 is 1.47 bits per heavy atom. The Balaban J connectivity index is 2.49. The summed E-state index contributed by atoms with van der Waals surface area (Å²) in [6, 6.07) is 8.37. The van der Waals surface area contributed by atoms with Crippen LogP contribution >= 0.6 is 0 Å². The molecule has 0 saturated carbocycles. The van der Waals surface area contributed by atoms with Crippen LogP contribution in [-0.4, -0.2) is 50.8 Å². The Kier molecular flexibility index (Phi) is 7.97. The topological polar surface area (TPSA) is 86.3 Å². The van der Waals surface area contributed by atoms with Gasteiger partial charge in [0.2, 0.25) is 5.75 Å². The highest BCUT2D eigenvalue weighted by Crippen LogP contribution is 2.38. The molecule has 0 saturated heterocycles. The van der Waals surface area contributed by atoms with E-state index in [4.69, 9.17) is 18.9 Å². The Bertz CT molecular complexity index is 956. The lowest BCUT2D eigenvalue weighted by Gasteiger charge is -2.36. The van der Waals surface area contributed by atoms with E-state index < -0.39 is 17.4 Å². The fourth-order valence-electron chi connectivity index (χ4n) is 3.35. The summed E-state index contributed by atoms with van der Waals surface area (Å²) in [5.74, 6) is 0.857. The predicted octanol–water partition coefficient (Wildman–Crippen LogP) is 3.87. The van der Waals surface area contributed by atoms with Gasteiger partial charge in [-0.25, -0.2) is 5.01 Å². The van der Waals surface area contributed by atoms with Crippen molar-refractivity contribution in [1.82, 2.24) is 10.4 Å². The summed E-state index contributed by atoms with van der Waals surface area (Å²) in [5.41, 5.74) is 3.54. The van der Waals surface area contributed by atoms with Gasteiger partial charge < -0.3 is 18.9 Å². The molecule has 2 rings (SSSR count). The number of rotatable bonds is 7. The van der Waals surface area contributed by atoms with E-state index in [1.165, 1.54) is 26.3 Å². The highest BCUT2D eigenvalue weighted by Gasteiger charge is 2.31. The third kappa shape index (κ3) is 5.07. The number of hydrogen-bond donors (Lipinski definition) is 1. The van der Waals surface area contributed by atoms with Crippen LogP contribution in [0.4, 0.5) is 0 Å². The number of amides is 2. The lowest BCUT2D eigenvalue weighted by atomic mass is 10.0. The first-order chi connectivity index (χ1) is 15.1. The van der Waals surface area contributed by atoms with Crippen molar-refractivity contribution in [1.29, 1.82) is 0 Å². The van der Waals surface area contributed by atoms with Gasteiger partial charge in [-0.3, -0.25) is 15.0 Å². The number of nitrogens with one attached hydrogen (secondary N) is 1. The molecule has 174 valence electrons. The first-order valence-electron chi connectivity index (χ1n) is 10.2. The molecule has 2 aromatic rings. The molecule has 8 heteroatoms. The molecule has 0 aliphatic carbocycles. The molecule has 32 heavy (non-hydrogen) atoms. The van der Waals surface area contributed by atoms with Crippen molar-refractivity contribution in [3.05, 3.63) is 47.0 Å². The summed E-state index contributed by atoms with van der Waals surface area (Å²) in [7, 11) is 6.00. The molecule has 0 unspecified atom stereocenters. The van der Waals surface area contributed by atoms with Gasteiger partial charge in [0.1, 0.15) is 5.75 Å². The van der Waals surface area contributed by atoms with Gasteiger partial charge >= 0.3 is 0 Å². The summed E-state index contributed by atoms with van der Waals surface area (Å²) in [6.45, 7) is 7.43. The number of carbonyl (C=O) groups is 2. The Hall–Kier alpha value is -3.42. The van der Waals surface area contributed by atoms with Crippen molar-refractivity contribution >= 4 is 11.8 Å². The number of hydrogen-bond acceptors (Lipinski definition) is 6. The van der Waals surface area contributed by atoms with Crippen LogP contribution < -0.4 is 24.4 Å². The van der Waals surface area contributed by atoms with E-state index in [0.29, 0.717) is 35.0 Å². The van der Waals surface area contributed by atoms with Gasteiger partial charge in [-0.1, -0.05) is 13.0 Å². The van der Waals surface area contributed by atoms with Crippen molar-refractivity contribution in [2.24, 2.45) is 0 Å². The van der Waals surface area contributed by atoms with Gasteiger partial charge in [0.05, 0.1) is 34.0 Å². The van der Waals surface area contributed by atoms with E-state index in [9.17, 15) is 9.59 Å². The third-order valence-electron chi connectivity index (χ3n) is 4.95. The first kappa shape index (κ1) is 24.8. The lowest BCUT2D eigenvalue weighted by molar-refractivity contribution is 0.0357. The van der Waals surface area contributed by atoms with Gasteiger partial charge in [-0.2, -0.15) is 0 Å². The summed E-state index contributed by atoms with van der Waals surface area (Å²) in [6.07, 6.45) is 0.600. The molecule has 0 aromatic heterocycles. The first-order valence-corrected chi connectivity index (χ1v) is 10.2. The maximum atomic E-state index is 13.5. The Morgan fingerprint density at radius 3 is 1.91 bits per heavy atom. The van der Waals surface area contributed by atoms with Crippen LogP contribution in [-0.2, 0) is 6.42 Å². The van der Waals surface area contributed by atoms with Gasteiger partial charge in [0, 0.05) is 16.7 Å². The van der Waals surface area contributed by atoms with Gasteiger partial charge in [0.25, 0.3) is 11.8 Å². The molecule has 1 N–H and O–H groups in total.